The minimum absolute atomic E-state index is 0.0515. The highest BCUT2D eigenvalue weighted by Gasteiger charge is 2.36. The van der Waals surface area contributed by atoms with Gasteiger partial charge in [-0.25, -0.2) is 4.39 Å². The fourth-order valence-electron chi connectivity index (χ4n) is 2.50. The summed E-state index contributed by atoms with van der Waals surface area (Å²) in [7, 11) is 0. The molecule has 2 heteroatoms. The molecule has 1 aliphatic heterocycles. The van der Waals surface area contributed by atoms with Crippen molar-refractivity contribution in [3.63, 3.8) is 0 Å². The molecule has 2 aliphatic carbocycles. The number of hydrogen-bond donors (Lipinski definition) is 0. The van der Waals surface area contributed by atoms with Crippen LogP contribution in [-0.4, -0.2) is 5.25 Å². The topological polar surface area (TPSA) is 0 Å². The van der Waals surface area contributed by atoms with E-state index in [0.717, 1.165) is 6.42 Å². The lowest BCUT2D eigenvalue weighted by Crippen LogP contribution is -2.15. The molecule has 0 saturated carbocycles. The zero-order chi connectivity index (χ0) is 10.4. The quantitative estimate of drug-likeness (QED) is 0.591. The van der Waals surface area contributed by atoms with E-state index in [9.17, 15) is 4.39 Å². The van der Waals surface area contributed by atoms with E-state index in [2.05, 4.69) is 25.2 Å². The summed E-state index contributed by atoms with van der Waals surface area (Å²) in [6.45, 7) is 2.17. The van der Waals surface area contributed by atoms with Crippen molar-refractivity contribution in [2.24, 2.45) is 5.92 Å². The van der Waals surface area contributed by atoms with Crippen LogP contribution in [0.2, 0.25) is 0 Å². The number of thioether (sulfide) groups is 1. The van der Waals surface area contributed by atoms with E-state index in [-0.39, 0.29) is 5.83 Å². The summed E-state index contributed by atoms with van der Waals surface area (Å²) in [4.78, 5) is 1.41. The normalized spacial score (nSPS) is 33.5. The Morgan fingerprint density at radius 2 is 2.27 bits per heavy atom. The van der Waals surface area contributed by atoms with Gasteiger partial charge in [0.25, 0.3) is 0 Å². The van der Waals surface area contributed by atoms with Crippen molar-refractivity contribution in [1.82, 2.24) is 0 Å². The van der Waals surface area contributed by atoms with E-state index >= 15 is 0 Å². The van der Waals surface area contributed by atoms with Crippen molar-refractivity contribution in [2.45, 2.75) is 25.0 Å². The Kier molecular flexibility index (Phi) is 2.13. The van der Waals surface area contributed by atoms with Gasteiger partial charge in [0.2, 0.25) is 0 Å². The van der Waals surface area contributed by atoms with Gasteiger partial charge in [-0.1, -0.05) is 23.8 Å². The maximum Gasteiger partial charge on any atom is 0.101 e. The third-order valence-electron chi connectivity index (χ3n) is 3.31. The molecule has 0 nitrogen and oxygen atoms in total. The molecule has 0 saturated heterocycles. The molecule has 0 radical (unpaired) electrons. The highest BCUT2D eigenvalue weighted by atomic mass is 32.2. The molecule has 0 amide bonds. The lowest BCUT2D eigenvalue weighted by molar-refractivity contribution is 0.579. The number of halogens is 1. The van der Waals surface area contributed by atoms with Crippen LogP contribution in [0.1, 0.15) is 19.8 Å². The summed E-state index contributed by atoms with van der Waals surface area (Å²) in [5.41, 5.74) is 2.65. The molecule has 0 fully saturated rings. The fourth-order valence-corrected chi connectivity index (χ4v) is 4.01. The van der Waals surface area contributed by atoms with Crippen LogP contribution in [0.15, 0.2) is 46.2 Å². The van der Waals surface area contributed by atoms with Crippen molar-refractivity contribution < 1.29 is 4.39 Å². The molecular formula is C13H13FS. The predicted octanol–water partition coefficient (Wildman–Crippen LogP) is 4.14. The van der Waals surface area contributed by atoms with E-state index in [1.54, 1.807) is 6.08 Å². The van der Waals surface area contributed by atoms with Crippen molar-refractivity contribution in [1.29, 1.82) is 0 Å². The molecule has 0 N–H and O–H groups in total. The van der Waals surface area contributed by atoms with Gasteiger partial charge < -0.3 is 0 Å². The van der Waals surface area contributed by atoms with Crippen molar-refractivity contribution in [2.75, 3.05) is 0 Å². The van der Waals surface area contributed by atoms with E-state index in [0.29, 0.717) is 17.6 Å². The third kappa shape index (κ3) is 1.43. The highest BCUT2D eigenvalue weighted by Crippen LogP contribution is 2.51. The van der Waals surface area contributed by atoms with Gasteiger partial charge in [-0.3, -0.25) is 0 Å². The largest absolute Gasteiger partial charge is 0.212 e. The minimum atomic E-state index is 0.0515. The van der Waals surface area contributed by atoms with Gasteiger partial charge in [0.15, 0.2) is 0 Å². The molecule has 0 aromatic rings. The Labute approximate surface area is 93.6 Å². The Morgan fingerprint density at radius 1 is 1.40 bits per heavy atom. The summed E-state index contributed by atoms with van der Waals surface area (Å²) in [6, 6.07) is 0. The molecule has 78 valence electrons. The van der Waals surface area contributed by atoms with Gasteiger partial charge in [-0.2, -0.15) is 0 Å². The van der Waals surface area contributed by atoms with Crippen LogP contribution in [0.5, 0.6) is 0 Å². The maximum atomic E-state index is 13.3. The first-order chi connectivity index (χ1) is 7.25. The maximum absolute atomic E-state index is 13.3. The highest BCUT2D eigenvalue weighted by molar-refractivity contribution is 8.04. The summed E-state index contributed by atoms with van der Waals surface area (Å²) in [6.07, 6.45) is 9.75. The summed E-state index contributed by atoms with van der Waals surface area (Å²) in [5.74, 6) is 0.469. The lowest BCUT2D eigenvalue weighted by Gasteiger charge is -2.21. The third-order valence-corrected chi connectivity index (χ3v) is 4.95. The monoisotopic (exact) mass is 220 g/mol. The number of fused-ring (bicyclic) bond motifs is 2. The first kappa shape index (κ1) is 9.46. The Hall–Kier alpha value is -0.760. The van der Waals surface area contributed by atoms with Gasteiger partial charge >= 0.3 is 0 Å². The SMILES string of the molecule is CC1=CC=CC2C3=C(CCC(F)=C3)SC12. The van der Waals surface area contributed by atoms with E-state index < -0.39 is 0 Å². The van der Waals surface area contributed by atoms with Crippen LogP contribution in [-0.2, 0) is 0 Å². The smallest absolute Gasteiger partial charge is 0.101 e. The average Bonchev–Trinajstić information content (AvgIpc) is 2.58. The van der Waals surface area contributed by atoms with Gasteiger partial charge in [-0.05, 0) is 29.9 Å². The van der Waals surface area contributed by atoms with Crippen LogP contribution >= 0.6 is 11.8 Å². The van der Waals surface area contributed by atoms with Gasteiger partial charge in [0.05, 0.1) is 0 Å². The standard InChI is InChI=1S/C13H13FS/c1-8-3-2-4-10-11-7-9(14)5-6-12(11)15-13(8)10/h2-4,7,10,13H,5-6H2,1H3. The number of allylic oxidation sites excluding steroid dienone is 7. The van der Waals surface area contributed by atoms with Crippen molar-refractivity contribution in [3.8, 4) is 0 Å². The second-order valence-electron chi connectivity index (χ2n) is 4.33. The van der Waals surface area contributed by atoms with E-state index in [1.165, 1.54) is 16.1 Å². The predicted molar refractivity (Wildman–Crippen MR) is 63.2 cm³/mol. The Balaban J connectivity index is 2.00. The molecule has 15 heavy (non-hydrogen) atoms. The average molecular weight is 220 g/mol. The number of rotatable bonds is 0. The molecule has 3 aliphatic rings. The molecule has 2 atom stereocenters. The Morgan fingerprint density at radius 3 is 3.13 bits per heavy atom. The molecule has 2 unspecified atom stereocenters. The fraction of sp³-hybridized carbons (Fsp3) is 0.385. The van der Waals surface area contributed by atoms with Gasteiger partial charge in [-0.15, -0.1) is 11.8 Å². The zero-order valence-electron chi connectivity index (χ0n) is 8.66. The second-order valence-corrected chi connectivity index (χ2v) is 5.57. The molecule has 0 aromatic heterocycles. The van der Waals surface area contributed by atoms with Crippen LogP contribution in [0.4, 0.5) is 4.39 Å². The molecule has 1 heterocycles. The van der Waals surface area contributed by atoms with Crippen LogP contribution in [0.3, 0.4) is 0 Å². The lowest BCUT2D eigenvalue weighted by atomic mass is 9.86. The second kappa shape index (κ2) is 3.38. The molecule has 3 rings (SSSR count). The van der Waals surface area contributed by atoms with Crippen LogP contribution < -0.4 is 0 Å². The first-order valence-electron chi connectivity index (χ1n) is 5.36. The summed E-state index contributed by atoms with van der Waals surface area (Å²) in [5, 5.41) is 0.530. The Bertz CT molecular complexity index is 426. The van der Waals surface area contributed by atoms with Gasteiger partial charge in [0, 0.05) is 17.6 Å². The van der Waals surface area contributed by atoms with Gasteiger partial charge in [0.1, 0.15) is 5.83 Å². The molecular weight excluding hydrogens is 207 g/mol. The molecule has 0 spiro atoms. The molecule has 0 bridgehead atoms. The number of hydrogen-bond acceptors (Lipinski definition) is 1. The van der Waals surface area contributed by atoms with Crippen LogP contribution in [0.25, 0.3) is 0 Å². The molecule has 0 aromatic carbocycles. The summed E-state index contributed by atoms with van der Waals surface area (Å²) < 4.78 is 13.3. The van der Waals surface area contributed by atoms with Crippen LogP contribution in [0, 0.1) is 5.92 Å². The first-order valence-corrected chi connectivity index (χ1v) is 6.24. The minimum Gasteiger partial charge on any atom is -0.212 e. The summed E-state index contributed by atoms with van der Waals surface area (Å²) >= 11 is 1.94. The zero-order valence-corrected chi connectivity index (χ0v) is 9.48. The van der Waals surface area contributed by atoms with Crippen molar-refractivity contribution in [3.05, 3.63) is 46.2 Å². The van der Waals surface area contributed by atoms with E-state index in [1.807, 2.05) is 11.8 Å². The van der Waals surface area contributed by atoms with Crippen molar-refractivity contribution >= 4 is 11.8 Å². The van der Waals surface area contributed by atoms with E-state index in [4.69, 9.17) is 0 Å².